The van der Waals surface area contributed by atoms with Crippen LogP contribution in [0.5, 0.6) is 0 Å². The SMILES string of the molecule is O=C(NC1C=CC(F)=CC1)C1CCCN1c1nc(Nc2cc(C3CC3)[nH]n2)c2cccn2n1. The minimum absolute atomic E-state index is 0.0926. The van der Waals surface area contributed by atoms with E-state index in [0.717, 1.165) is 17.6 Å². The van der Waals surface area contributed by atoms with E-state index < -0.39 is 0 Å². The van der Waals surface area contributed by atoms with Crippen LogP contribution in [0.2, 0.25) is 0 Å². The molecule has 33 heavy (non-hydrogen) atoms. The molecular formula is C23H25FN8O. The van der Waals surface area contributed by atoms with Gasteiger partial charge in [0.15, 0.2) is 11.6 Å². The van der Waals surface area contributed by atoms with Gasteiger partial charge in [0.1, 0.15) is 17.4 Å². The average Bonchev–Trinajstić information content (AvgIpc) is 3.20. The summed E-state index contributed by atoms with van der Waals surface area (Å²) < 4.78 is 15.0. The van der Waals surface area contributed by atoms with Crippen molar-refractivity contribution in [1.29, 1.82) is 0 Å². The van der Waals surface area contributed by atoms with E-state index in [-0.39, 0.29) is 23.8 Å². The molecule has 3 N–H and O–H groups in total. The third-order valence-electron chi connectivity index (χ3n) is 6.44. The predicted molar refractivity (Wildman–Crippen MR) is 122 cm³/mol. The minimum atomic E-state index is -0.373. The Hall–Kier alpha value is -3.69. The molecule has 3 aliphatic rings. The van der Waals surface area contributed by atoms with E-state index in [0.29, 0.717) is 42.9 Å². The van der Waals surface area contributed by atoms with Crippen LogP contribution in [-0.2, 0) is 4.79 Å². The van der Waals surface area contributed by atoms with Gasteiger partial charge in [-0.25, -0.2) is 8.91 Å². The Labute approximate surface area is 189 Å². The second-order valence-electron chi connectivity index (χ2n) is 8.86. The fourth-order valence-electron chi connectivity index (χ4n) is 4.52. The van der Waals surface area contributed by atoms with Crippen LogP contribution in [0.1, 0.15) is 43.7 Å². The number of H-pyrrole nitrogens is 1. The van der Waals surface area contributed by atoms with E-state index in [1.807, 2.05) is 29.3 Å². The minimum Gasteiger partial charge on any atom is -0.348 e. The highest BCUT2D eigenvalue weighted by Crippen LogP contribution is 2.39. The van der Waals surface area contributed by atoms with Crippen molar-refractivity contribution in [2.24, 2.45) is 0 Å². The number of nitrogens with one attached hydrogen (secondary N) is 3. The quantitative estimate of drug-likeness (QED) is 0.535. The number of nitrogens with zero attached hydrogens (tertiary/aromatic N) is 5. The number of fused-ring (bicyclic) bond motifs is 1. The van der Waals surface area contributed by atoms with Gasteiger partial charge >= 0.3 is 0 Å². The van der Waals surface area contributed by atoms with Gasteiger partial charge in [-0.05, 0) is 56.4 Å². The number of carbonyl (C=O) groups is 1. The Morgan fingerprint density at radius 2 is 2.18 bits per heavy atom. The van der Waals surface area contributed by atoms with Crippen molar-refractivity contribution in [3.05, 3.63) is 54.1 Å². The molecule has 0 bridgehead atoms. The zero-order valence-corrected chi connectivity index (χ0v) is 18.0. The summed E-state index contributed by atoms with van der Waals surface area (Å²) in [5.41, 5.74) is 1.97. The van der Waals surface area contributed by atoms with Crippen molar-refractivity contribution in [3.63, 3.8) is 0 Å². The molecule has 0 radical (unpaired) electrons. The number of rotatable bonds is 6. The molecule has 4 heterocycles. The van der Waals surface area contributed by atoms with Crippen molar-refractivity contribution in [3.8, 4) is 0 Å². The Kier molecular flexibility index (Phi) is 4.85. The lowest BCUT2D eigenvalue weighted by molar-refractivity contribution is -0.122. The molecule has 2 atom stereocenters. The molecule has 9 nitrogen and oxygen atoms in total. The number of allylic oxidation sites excluding steroid dienone is 2. The van der Waals surface area contributed by atoms with Crippen molar-refractivity contribution in [1.82, 2.24) is 30.1 Å². The molecule has 170 valence electrons. The molecule has 10 heteroatoms. The number of aromatic nitrogens is 5. The average molecular weight is 449 g/mol. The molecule has 0 aromatic carbocycles. The Morgan fingerprint density at radius 3 is 3.00 bits per heavy atom. The second-order valence-corrected chi connectivity index (χ2v) is 8.86. The third-order valence-corrected chi connectivity index (χ3v) is 6.44. The summed E-state index contributed by atoms with van der Waals surface area (Å²) in [7, 11) is 0. The summed E-state index contributed by atoms with van der Waals surface area (Å²) in [6.45, 7) is 0.688. The maximum atomic E-state index is 13.2. The molecule has 2 aliphatic carbocycles. The number of hydrogen-bond donors (Lipinski definition) is 3. The highest BCUT2D eigenvalue weighted by molar-refractivity contribution is 5.86. The Bertz CT molecular complexity index is 1260. The monoisotopic (exact) mass is 448 g/mol. The zero-order valence-electron chi connectivity index (χ0n) is 18.0. The van der Waals surface area contributed by atoms with E-state index in [1.54, 1.807) is 10.6 Å². The molecule has 1 saturated carbocycles. The van der Waals surface area contributed by atoms with Crippen LogP contribution < -0.4 is 15.5 Å². The molecule has 3 aromatic rings. The smallest absolute Gasteiger partial charge is 0.246 e. The first-order chi connectivity index (χ1) is 16.1. The lowest BCUT2D eigenvalue weighted by Gasteiger charge is -2.26. The molecule has 1 amide bonds. The number of halogens is 1. The van der Waals surface area contributed by atoms with Crippen molar-refractivity contribution in [2.45, 2.75) is 50.1 Å². The van der Waals surface area contributed by atoms with Gasteiger partial charge in [0, 0.05) is 30.4 Å². The Morgan fingerprint density at radius 1 is 1.27 bits per heavy atom. The number of anilines is 3. The summed E-state index contributed by atoms with van der Waals surface area (Å²) in [4.78, 5) is 19.8. The van der Waals surface area contributed by atoms with Gasteiger partial charge in [0.25, 0.3) is 0 Å². The molecule has 2 fully saturated rings. The predicted octanol–water partition coefficient (Wildman–Crippen LogP) is 3.34. The van der Waals surface area contributed by atoms with Crippen LogP contribution in [0.4, 0.5) is 22.0 Å². The molecule has 3 aromatic heterocycles. The molecule has 6 rings (SSSR count). The van der Waals surface area contributed by atoms with Crippen LogP contribution in [-0.4, -0.2) is 49.3 Å². The van der Waals surface area contributed by atoms with Gasteiger partial charge < -0.3 is 15.5 Å². The summed E-state index contributed by atoms with van der Waals surface area (Å²) in [6.07, 6.45) is 10.9. The summed E-state index contributed by atoms with van der Waals surface area (Å²) in [6, 6.07) is 5.30. The maximum Gasteiger partial charge on any atom is 0.246 e. The largest absolute Gasteiger partial charge is 0.348 e. The summed E-state index contributed by atoms with van der Waals surface area (Å²) in [5.74, 6) is 2.06. The summed E-state index contributed by atoms with van der Waals surface area (Å²) >= 11 is 0. The second kappa shape index (κ2) is 8.02. The lowest BCUT2D eigenvalue weighted by atomic mass is 10.1. The number of aromatic amines is 1. The van der Waals surface area contributed by atoms with Gasteiger partial charge in [-0.2, -0.15) is 10.1 Å². The van der Waals surface area contributed by atoms with Crippen molar-refractivity contribution < 1.29 is 9.18 Å². The number of amides is 1. The molecule has 0 spiro atoms. The zero-order chi connectivity index (χ0) is 22.4. The first-order valence-corrected chi connectivity index (χ1v) is 11.4. The summed E-state index contributed by atoms with van der Waals surface area (Å²) in [5, 5.41) is 18.5. The van der Waals surface area contributed by atoms with Gasteiger partial charge in [0.05, 0.1) is 6.04 Å². The highest BCUT2D eigenvalue weighted by atomic mass is 19.1. The van der Waals surface area contributed by atoms with E-state index in [9.17, 15) is 9.18 Å². The number of hydrogen-bond acceptors (Lipinski definition) is 6. The standard InChI is InChI=1S/C23H25FN8O/c24-15-7-9-16(10-8-15)25-22(33)19-4-1-11-31(19)23-27-21(18-3-2-12-32(18)30-23)26-20-13-17(28-29-20)14-5-6-14/h2-3,7-9,12-14,16,19H,1,4-6,10-11H2,(H,25,33)(H2,26,27,28,29,30). The topological polar surface area (TPSA) is 103 Å². The normalized spacial score (nSPS) is 22.6. The van der Waals surface area contributed by atoms with E-state index in [1.165, 1.54) is 25.0 Å². The van der Waals surface area contributed by atoms with Crippen molar-refractivity contribution in [2.75, 3.05) is 16.8 Å². The maximum absolute atomic E-state index is 13.2. The third kappa shape index (κ3) is 3.96. The van der Waals surface area contributed by atoms with Gasteiger partial charge in [-0.1, -0.05) is 6.08 Å². The first kappa shape index (κ1) is 20.0. The fourth-order valence-corrected chi connectivity index (χ4v) is 4.52. The van der Waals surface area contributed by atoms with Crippen LogP contribution in [0.15, 0.2) is 48.5 Å². The van der Waals surface area contributed by atoms with Crippen molar-refractivity contribution >= 4 is 29.0 Å². The molecule has 1 saturated heterocycles. The number of carbonyl (C=O) groups excluding carboxylic acids is 1. The first-order valence-electron chi connectivity index (χ1n) is 11.4. The fraction of sp³-hybridized carbons (Fsp3) is 0.391. The van der Waals surface area contributed by atoms with Gasteiger partial charge in [-0.15, -0.1) is 5.10 Å². The van der Waals surface area contributed by atoms with E-state index in [2.05, 4.69) is 25.9 Å². The van der Waals surface area contributed by atoms with Gasteiger partial charge in [-0.3, -0.25) is 9.89 Å². The van der Waals surface area contributed by atoms with Crippen LogP contribution >= 0.6 is 0 Å². The molecule has 1 aliphatic heterocycles. The lowest BCUT2D eigenvalue weighted by Crippen LogP contribution is -2.47. The highest BCUT2D eigenvalue weighted by Gasteiger charge is 2.34. The molecular weight excluding hydrogens is 423 g/mol. The van der Waals surface area contributed by atoms with Crippen LogP contribution in [0, 0.1) is 0 Å². The van der Waals surface area contributed by atoms with Crippen LogP contribution in [0.25, 0.3) is 5.52 Å². The Balaban J connectivity index is 1.24. The van der Waals surface area contributed by atoms with E-state index in [4.69, 9.17) is 4.98 Å². The van der Waals surface area contributed by atoms with Gasteiger partial charge in [0.2, 0.25) is 11.9 Å². The van der Waals surface area contributed by atoms with E-state index >= 15 is 0 Å². The molecule has 2 unspecified atom stereocenters. The van der Waals surface area contributed by atoms with Crippen LogP contribution in [0.3, 0.4) is 0 Å².